The van der Waals surface area contributed by atoms with Crippen molar-refractivity contribution in [2.75, 3.05) is 6.16 Å². The molecule has 0 aliphatic carbocycles. The number of nitriles is 1. The maximum Gasteiger partial charge on any atom is 0.112 e. The van der Waals surface area contributed by atoms with E-state index in [0.29, 0.717) is 0 Å². The van der Waals surface area contributed by atoms with Crippen molar-refractivity contribution in [2.45, 2.75) is 19.8 Å². The third-order valence-electron chi connectivity index (χ3n) is 4.54. The Morgan fingerprint density at radius 2 is 1.18 bits per heavy atom. The number of hydrogen-bond acceptors (Lipinski definition) is 2. The van der Waals surface area contributed by atoms with E-state index in [9.17, 15) is 0 Å². The summed E-state index contributed by atoms with van der Waals surface area (Å²) in [6.07, 6.45) is 5.01. The number of unbranched alkanes of at least 4 members (excludes halogenated alkanes) is 1. The molecule has 0 unspecified atom stereocenters. The molecule has 3 aromatic carbocycles. The average Bonchev–Trinajstić information content (AvgIpc) is 2.78. The Labute approximate surface area is 168 Å². The second-order valence-corrected chi connectivity index (χ2v) is 9.82. The third-order valence-corrected chi connectivity index (χ3v) is 9.06. The minimum atomic E-state index is -1.57. The molecular formula is C24H24N3P. The van der Waals surface area contributed by atoms with Crippen LogP contribution < -0.4 is 15.9 Å². The minimum Gasteiger partial charge on any atom is -0.422 e. The molecule has 3 rings (SSSR count). The first kappa shape index (κ1) is 21.3. The minimum absolute atomic E-state index is 1.23. The zero-order valence-electron chi connectivity index (χ0n) is 16.1. The van der Waals surface area contributed by atoms with Gasteiger partial charge in [0.2, 0.25) is 0 Å². The number of hydrogen-bond donors (Lipinski definition) is 0. The molecule has 3 nitrogen and oxygen atoms in total. The van der Waals surface area contributed by atoms with Crippen LogP contribution in [0.2, 0.25) is 0 Å². The molecular weight excluding hydrogens is 361 g/mol. The van der Waals surface area contributed by atoms with Crippen LogP contribution in [-0.4, -0.2) is 12.2 Å². The van der Waals surface area contributed by atoms with Gasteiger partial charge in [-0.3, -0.25) is 0 Å². The fraction of sp³-hybridized carbons (Fsp3) is 0.167. The predicted molar refractivity (Wildman–Crippen MR) is 121 cm³/mol. The van der Waals surface area contributed by atoms with Crippen molar-refractivity contribution in [1.82, 2.24) is 0 Å². The predicted octanol–water partition coefficient (Wildman–Crippen LogP) is 4.99. The van der Waals surface area contributed by atoms with Gasteiger partial charge in [-0.1, -0.05) is 67.9 Å². The maximum atomic E-state index is 7.43. The molecule has 28 heavy (non-hydrogen) atoms. The molecule has 4 heteroatoms. The first-order valence-corrected chi connectivity index (χ1v) is 11.3. The van der Waals surface area contributed by atoms with Gasteiger partial charge in [-0.05, 0) is 42.8 Å². The van der Waals surface area contributed by atoms with Gasteiger partial charge in [0.25, 0.3) is 0 Å². The van der Waals surface area contributed by atoms with Crippen LogP contribution in [0.1, 0.15) is 19.8 Å². The SMILES string of the molecule is CCCC[P+](c1ccccc1)(c1ccccc1)c1ccccc1.N#CN=C=[N-]. The molecule has 0 amide bonds. The number of aliphatic imine (C=N–C) groups is 1. The van der Waals surface area contributed by atoms with Crippen LogP contribution >= 0.6 is 7.26 Å². The van der Waals surface area contributed by atoms with E-state index in [4.69, 9.17) is 10.7 Å². The third kappa shape index (κ3) is 5.24. The van der Waals surface area contributed by atoms with E-state index in [1.807, 2.05) is 0 Å². The fourth-order valence-electron chi connectivity index (χ4n) is 3.30. The second kappa shape index (κ2) is 11.6. The average molecular weight is 385 g/mol. The van der Waals surface area contributed by atoms with Gasteiger partial charge in [-0.25, -0.2) is 0 Å². The van der Waals surface area contributed by atoms with Crippen LogP contribution in [0.5, 0.6) is 0 Å². The lowest BCUT2D eigenvalue weighted by Gasteiger charge is -2.27. The van der Waals surface area contributed by atoms with Crippen LogP contribution in [0.3, 0.4) is 0 Å². The van der Waals surface area contributed by atoms with E-state index in [0.717, 1.165) is 0 Å². The molecule has 0 aliphatic rings. The van der Waals surface area contributed by atoms with Crippen LogP contribution in [-0.2, 0) is 0 Å². The van der Waals surface area contributed by atoms with E-state index in [1.54, 1.807) is 0 Å². The maximum absolute atomic E-state index is 7.43. The first-order chi connectivity index (χ1) is 13.8. The van der Waals surface area contributed by atoms with Gasteiger partial charge >= 0.3 is 0 Å². The van der Waals surface area contributed by atoms with E-state index in [1.165, 1.54) is 47.1 Å². The largest absolute Gasteiger partial charge is 0.422 e. The highest BCUT2D eigenvalue weighted by Gasteiger charge is 2.44. The van der Waals surface area contributed by atoms with Gasteiger partial charge in [-0.15, -0.1) is 6.01 Å². The Kier molecular flexibility index (Phi) is 8.83. The van der Waals surface area contributed by atoms with Gasteiger partial charge in [-0.2, -0.15) is 5.26 Å². The monoisotopic (exact) mass is 385 g/mol. The van der Waals surface area contributed by atoms with Crippen molar-refractivity contribution in [1.29, 1.82) is 5.26 Å². The molecule has 0 N–H and O–H groups in total. The molecule has 3 aromatic rings. The summed E-state index contributed by atoms with van der Waals surface area (Å²) in [5.41, 5.74) is 0. The quantitative estimate of drug-likeness (QED) is 0.335. The molecule has 0 radical (unpaired) electrons. The van der Waals surface area contributed by atoms with Crippen molar-refractivity contribution < 1.29 is 0 Å². The standard InChI is InChI=1S/C22H24P.C2N3/c1-2-3-19-23(20-13-7-4-8-14-20,21-15-9-5-10-16-21)22-17-11-6-12-18-22;3-1-5-2-4/h4-18H,2-3,19H2,1H3;/q+1;-1. The van der Waals surface area contributed by atoms with Crippen molar-refractivity contribution in [3.8, 4) is 6.19 Å². The van der Waals surface area contributed by atoms with Crippen LogP contribution in [0.15, 0.2) is 96.0 Å². The lowest BCUT2D eigenvalue weighted by molar-refractivity contribution is 0.891. The van der Waals surface area contributed by atoms with Gasteiger partial charge < -0.3 is 10.4 Å². The lowest BCUT2D eigenvalue weighted by Crippen LogP contribution is -2.33. The second-order valence-electron chi connectivity index (χ2n) is 6.21. The molecule has 0 heterocycles. The highest BCUT2D eigenvalue weighted by atomic mass is 31.2. The topological polar surface area (TPSA) is 58.5 Å². The zero-order valence-corrected chi connectivity index (χ0v) is 17.0. The van der Waals surface area contributed by atoms with E-state index >= 15 is 0 Å². The highest BCUT2D eigenvalue weighted by molar-refractivity contribution is 7.95. The Balaban J connectivity index is 0.000000500. The summed E-state index contributed by atoms with van der Waals surface area (Å²) in [4.78, 5) is 2.58. The molecule has 0 bridgehead atoms. The molecule has 0 spiro atoms. The Morgan fingerprint density at radius 1 is 0.786 bits per heavy atom. The molecule has 0 saturated carbocycles. The van der Waals surface area contributed by atoms with Crippen molar-refractivity contribution >= 4 is 29.2 Å². The lowest BCUT2D eigenvalue weighted by atomic mass is 10.3. The number of benzene rings is 3. The van der Waals surface area contributed by atoms with Crippen molar-refractivity contribution in [3.63, 3.8) is 0 Å². The Morgan fingerprint density at radius 3 is 1.43 bits per heavy atom. The first-order valence-electron chi connectivity index (χ1n) is 9.32. The molecule has 140 valence electrons. The summed E-state index contributed by atoms with van der Waals surface area (Å²) in [5, 5.41) is 19.3. The summed E-state index contributed by atoms with van der Waals surface area (Å²) in [6.45, 7) is 2.29. The Bertz CT molecular complexity index is 816. The molecule has 0 fully saturated rings. The summed E-state index contributed by atoms with van der Waals surface area (Å²) >= 11 is 0. The van der Waals surface area contributed by atoms with Gasteiger partial charge in [0.1, 0.15) is 23.2 Å². The van der Waals surface area contributed by atoms with E-state index < -0.39 is 7.26 Å². The molecule has 0 aromatic heterocycles. The zero-order chi connectivity index (χ0) is 20.1. The van der Waals surface area contributed by atoms with E-state index in [2.05, 4.69) is 103 Å². The Hall–Kier alpha value is -3.04. The van der Waals surface area contributed by atoms with Gasteiger partial charge in [0, 0.05) is 0 Å². The number of nitrogens with zero attached hydrogens (tertiary/aromatic N) is 3. The summed E-state index contributed by atoms with van der Waals surface area (Å²) in [5.74, 6) is 0. The number of rotatable bonds is 6. The summed E-state index contributed by atoms with van der Waals surface area (Å²) in [7, 11) is -1.57. The molecule has 0 atom stereocenters. The molecule has 0 saturated heterocycles. The molecule has 0 aliphatic heterocycles. The normalized spacial score (nSPS) is 10.0. The van der Waals surface area contributed by atoms with Crippen LogP contribution in [0.4, 0.5) is 0 Å². The van der Waals surface area contributed by atoms with Gasteiger partial charge in [0.05, 0.1) is 12.4 Å². The van der Waals surface area contributed by atoms with Crippen molar-refractivity contribution in [2.24, 2.45) is 4.99 Å². The summed E-state index contributed by atoms with van der Waals surface area (Å²) < 4.78 is 0. The van der Waals surface area contributed by atoms with Crippen LogP contribution in [0.25, 0.3) is 5.41 Å². The summed E-state index contributed by atoms with van der Waals surface area (Å²) in [6, 6.07) is 34.7. The van der Waals surface area contributed by atoms with E-state index in [-0.39, 0.29) is 0 Å². The fourth-order valence-corrected chi connectivity index (χ4v) is 7.80. The highest BCUT2D eigenvalue weighted by Crippen LogP contribution is 2.55. The smallest absolute Gasteiger partial charge is 0.112 e. The van der Waals surface area contributed by atoms with Gasteiger partial charge in [0.15, 0.2) is 0 Å². The van der Waals surface area contributed by atoms with Crippen LogP contribution in [0, 0.1) is 11.5 Å². The van der Waals surface area contributed by atoms with Crippen molar-refractivity contribution in [3.05, 3.63) is 96.4 Å².